The molecule has 2 rings (SSSR count). The smallest absolute Gasteiger partial charge is 0.323 e. The highest BCUT2D eigenvalue weighted by Crippen LogP contribution is 2.20. The number of urea groups is 1. The molecule has 0 bridgehead atoms. The third-order valence-electron chi connectivity index (χ3n) is 1.79. The molecule has 66 valence electrons. The van der Waals surface area contributed by atoms with E-state index in [0.717, 1.165) is 5.75 Å². The van der Waals surface area contributed by atoms with Crippen LogP contribution in [0.2, 0.25) is 0 Å². The Bertz CT molecular complexity index is 213. The van der Waals surface area contributed by atoms with E-state index >= 15 is 0 Å². The topological polar surface area (TPSA) is 41.6 Å². The number of carbonyl (C=O) groups excluding carboxylic acids is 1. The molecule has 1 fully saturated rings. The molecule has 1 atom stereocenters. The van der Waals surface area contributed by atoms with Crippen molar-refractivity contribution in [3.8, 4) is 0 Å². The Morgan fingerprint density at radius 3 is 3.33 bits per heavy atom. The Kier molecular flexibility index (Phi) is 2.23. The number of thioether (sulfide) groups is 1. The number of hydrogen-bond acceptors (Lipinski definition) is 3. The van der Waals surface area contributed by atoms with Crippen LogP contribution in [0.25, 0.3) is 0 Å². The summed E-state index contributed by atoms with van der Waals surface area (Å²) >= 11 is 1.70. The second kappa shape index (κ2) is 3.37. The number of hydrogen-bond donors (Lipinski definition) is 1. The standard InChI is InChI=1S/C7H10N2O2S/c10-7-8-2-1-3-9(7)6-4-12-5-11-6/h1,3,6H,2,4-5H2,(H,8,10). The second-order valence-electron chi connectivity index (χ2n) is 2.59. The highest BCUT2D eigenvalue weighted by atomic mass is 32.2. The van der Waals surface area contributed by atoms with Crippen molar-refractivity contribution < 1.29 is 9.53 Å². The molecule has 0 aliphatic carbocycles. The largest absolute Gasteiger partial charge is 0.346 e. The first-order valence-electron chi connectivity index (χ1n) is 3.80. The molecule has 1 N–H and O–H groups in total. The maximum atomic E-state index is 11.3. The first kappa shape index (κ1) is 7.94. The van der Waals surface area contributed by atoms with Crippen LogP contribution in [0.1, 0.15) is 0 Å². The lowest BCUT2D eigenvalue weighted by Gasteiger charge is -2.26. The van der Waals surface area contributed by atoms with Crippen LogP contribution in [0.3, 0.4) is 0 Å². The fraction of sp³-hybridized carbons (Fsp3) is 0.571. The summed E-state index contributed by atoms with van der Waals surface area (Å²) in [5.74, 6) is 1.54. The van der Waals surface area contributed by atoms with Gasteiger partial charge in [0.1, 0.15) is 6.23 Å². The van der Waals surface area contributed by atoms with Crippen molar-refractivity contribution in [1.29, 1.82) is 0 Å². The molecule has 0 saturated carbocycles. The van der Waals surface area contributed by atoms with Gasteiger partial charge in [-0.3, -0.25) is 4.90 Å². The van der Waals surface area contributed by atoms with E-state index in [1.54, 1.807) is 22.9 Å². The molecule has 12 heavy (non-hydrogen) atoms. The van der Waals surface area contributed by atoms with Crippen LogP contribution >= 0.6 is 11.8 Å². The number of nitrogens with zero attached hydrogens (tertiary/aromatic N) is 1. The molecular formula is C7H10N2O2S. The number of rotatable bonds is 1. The maximum absolute atomic E-state index is 11.3. The predicted octanol–water partition coefficient (Wildman–Crippen LogP) is 0.572. The minimum atomic E-state index is -0.0773. The molecular weight excluding hydrogens is 176 g/mol. The number of carbonyl (C=O) groups is 1. The zero-order valence-electron chi connectivity index (χ0n) is 6.53. The summed E-state index contributed by atoms with van der Waals surface area (Å²) < 4.78 is 5.34. The van der Waals surface area contributed by atoms with Gasteiger partial charge in [-0.1, -0.05) is 0 Å². The van der Waals surface area contributed by atoms with Crippen LogP contribution in [0.15, 0.2) is 12.3 Å². The first-order chi connectivity index (χ1) is 5.88. The van der Waals surface area contributed by atoms with E-state index in [0.29, 0.717) is 12.5 Å². The zero-order chi connectivity index (χ0) is 8.39. The van der Waals surface area contributed by atoms with Gasteiger partial charge < -0.3 is 10.1 Å². The predicted molar refractivity (Wildman–Crippen MR) is 46.6 cm³/mol. The minimum absolute atomic E-state index is 0.0648. The normalized spacial score (nSPS) is 29.2. The molecule has 5 heteroatoms. The van der Waals surface area contributed by atoms with E-state index in [1.807, 2.05) is 6.08 Å². The van der Waals surface area contributed by atoms with Crippen LogP contribution in [-0.2, 0) is 4.74 Å². The highest BCUT2D eigenvalue weighted by molar-refractivity contribution is 7.99. The summed E-state index contributed by atoms with van der Waals surface area (Å²) in [4.78, 5) is 12.9. The van der Waals surface area contributed by atoms with E-state index < -0.39 is 0 Å². The van der Waals surface area contributed by atoms with Gasteiger partial charge in [0, 0.05) is 18.5 Å². The molecule has 0 radical (unpaired) electrons. The summed E-state index contributed by atoms with van der Waals surface area (Å²) in [5, 5.41) is 2.72. The van der Waals surface area contributed by atoms with Gasteiger partial charge in [0.25, 0.3) is 0 Å². The highest BCUT2D eigenvalue weighted by Gasteiger charge is 2.27. The third kappa shape index (κ3) is 1.42. The number of amides is 2. The molecule has 2 heterocycles. The second-order valence-corrected chi connectivity index (χ2v) is 3.57. The fourth-order valence-corrected chi connectivity index (χ4v) is 1.99. The minimum Gasteiger partial charge on any atom is -0.346 e. The summed E-state index contributed by atoms with van der Waals surface area (Å²) in [5.41, 5.74) is 0. The summed E-state index contributed by atoms with van der Waals surface area (Å²) in [7, 11) is 0. The van der Waals surface area contributed by atoms with E-state index in [-0.39, 0.29) is 12.3 Å². The van der Waals surface area contributed by atoms with Gasteiger partial charge >= 0.3 is 6.03 Å². The molecule has 1 unspecified atom stereocenters. The number of ether oxygens (including phenoxy) is 1. The summed E-state index contributed by atoms with van der Waals surface area (Å²) in [6, 6.07) is -0.0648. The molecule has 0 aromatic rings. The fourth-order valence-electron chi connectivity index (χ4n) is 1.18. The van der Waals surface area contributed by atoms with E-state index in [2.05, 4.69) is 5.32 Å². The summed E-state index contributed by atoms with van der Waals surface area (Å²) in [6.45, 7) is 0.620. The molecule has 2 amide bonds. The van der Waals surface area contributed by atoms with Crippen LogP contribution in [0.4, 0.5) is 4.79 Å². The molecule has 0 spiro atoms. The van der Waals surface area contributed by atoms with Gasteiger partial charge in [0.15, 0.2) is 0 Å². The Hall–Kier alpha value is -0.680. The molecule has 0 aromatic heterocycles. The van der Waals surface area contributed by atoms with Crippen LogP contribution in [0, 0.1) is 0 Å². The molecule has 4 nitrogen and oxygen atoms in total. The summed E-state index contributed by atoms with van der Waals surface area (Å²) in [6.07, 6.45) is 3.62. The Morgan fingerprint density at radius 2 is 2.67 bits per heavy atom. The number of nitrogens with one attached hydrogen (secondary N) is 1. The van der Waals surface area contributed by atoms with Crippen molar-refractivity contribution in [2.75, 3.05) is 18.2 Å². The molecule has 2 aliphatic heterocycles. The Morgan fingerprint density at radius 1 is 1.75 bits per heavy atom. The van der Waals surface area contributed by atoms with Crippen molar-refractivity contribution in [2.24, 2.45) is 0 Å². The van der Waals surface area contributed by atoms with Gasteiger partial charge in [-0.05, 0) is 6.08 Å². The first-order valence-corrected chi connectivity index (χ1v) is 4.95. The van der Waals surface area contributed by atoms with Crippen molar-refractivity contribution in [3.05, 3.63) is 12.3 Å². The Balaban J connectivity index is 2.04. The van der Waals surface area contributed by atoms with Crippen molar-refractivity contribution in [1.82, 2.24) is 10.2 Å². The molecule has 2 aliphatic rings. The van der Waals surface area contributed by atoms with Crippen LogP contribution in [0.5, 0.6) is 0 Å². The van der Waals surface area contributed by atoms with Crippen molar-refractivity contribution in [2.45, 2.75) is 6.23 Å². The monoisotopic (exact) mass is 186 g/mol. The van der Waals surface area contributed by atoms with Crippen LogP contribution < -0.4 is 5.32 Å². The van der Waals surface area contributed by atoms with Gasteiger partial charge in [-0.2, -0.15) is 0 Å². The van der Waals surface area contributed by atoms with Gasteiger partial charge in [-0.25, -0.2) is 4.79 Å². The van der Waals surface area contributed by atoms with Gasteiger partial charge in [0.05, 0.1) is 5.94 Å². The maximum Gasteiger partial charge on any atom is 0.323 e. The molecule has 0 aromatic carbocycles. The zero-order valence-corrected chi connectivity index (χ0v) is 7.34. The SMILES string of the molecule is O=C1NCC=CN1C1CSCO1. The van der Waals surface area contributed by atoms with Crippen LogP contribution in [-0.4, -0.2) is 35.4 Å². The van der Waals surface area contributed by atoms with E-state index in [9.17, 15) is 4.79 Å². The lowest BCUT2D eigenvalue weighted by Crippen LogP contribution is -2.46. The van der Waals surface area contributed by atoms with Gasteiger partial charge in [0.2, 0.25) is 0 Å². The third-order valence-corrected chi connectivity index (χ3v) is 2.61. The average Bonchev–Trinajstić information content (AvgIpc) is 2.57. The average molecular weight is 186 g/mol. The van der Waals surface area contributed by atoms with Gasteiger partial charge in [-0.15, -0.1) is 11.8 Å². The van der Waals surface area contributed by atoms with E-state index in [1.165, 1.54) is 0 Å². The lowest BCUT2D eigenvalue weighted by atomic mass is 10.4. The molecule has 1 saturated heterocycles. The van der Waals surface area contributed by atoms with E-state index in [4.69, 9.17) is 4.74 Å². The van der Waals surface area contributed by atoms with Crippen molar-refractivity contribution >= 4 is 17.8 Å². The quantitative estimate of drug-likeness (QED) is 0.651. The van der Waals surface area contributed by atoms with Crippen molar-refractivity contribution in [3.63, 3.8) is 0 Å². The Labute approximate surface area is 74.9 Å². The lowest BCUT2D eigenvalue weighted by molar-refractivity contribution is 0.0347.